The van der Waals surface area contributed by atoms with Gasteiger partial charge in [0, 0.05) is 60.1 Å². The van der Waals surface area contributed by atoms with Crippen LogP contribution in [0.5, 0.6) is 0 Å². The molecule has 1 amide bonds. The lowest BCUT2D eigenvalue weighted by Crippen LogP contribution is -2.56. The van der Waals surface area contributed by atoms with Crippen molar-refractivity contribution >= 4 is 5.91 Å². The van der Waals surface area contributed by atoms with Gasteiger partial charge < -0.3 is 34.7 Å². The molecule has 2 spiro atoms. The lowest BCUT2D eigenvalue weighted by atomic mass is 9.46. The minimum absolute atomic E-state index is 0. The van der Waals surface area contributed by atoms with Crippen LogP contribution in [0.15, 0.2) is 10.2 Å². The van der Waals surface area contributed by atoms with E-state index in [9.17, 15) is 9.90 Å². The van der Waals surface area contributed by atoms with E-state index in [2.05, 4.69) is 46.5 Å². The minimum atomic E-state index is -0.911. The van der Waals surface area contributed by atoms with Crippen LogP contribution >= 0.6 is 0 Å². The zero-order valence-corrected chi connectivity index (χ0v) is 34.7. The van der Waals surface area contributed by atoms with Gasteiger partial charge in [0.15, 0.2) is 12.0 Å². The molecule has 11 heteroatoms. The third kappa shape index (κ3) is 7.03. The number of rotatable bonds is 15. The molecule has 5 aliphatic carbocycles. The molecule has 0 bridgehead atoms. The van der Waals surface area contributed by atoms with Crippen LogP contribution in [0.3, 0.4) is 0 Å². The maximum absolute atomic E-state index is 12.1. The third-order valence-electron chi connectivity index (χ3n) is 16.9. The molecule has 0 aromatic heterocycles. The molecule has 12 atom stereocenters. The molecule has 11 nitrogen and oxygen atoms in total. The molecule has 8 aliphatic rings. The van der Waals surface area contributed by atoms with Gasteiger partial charge in [0.25, 0.3) is 0 Å². The molecule has 7 fully saturated rings. The molecule has 5 saturated carbocycles. The summed E-state index contributed by atoms with van der Waals surface area (Å²) < 4.78 is 26.4. The van der Waals surface area contributed by atoms with Crippen molar-refractivity contribution in [2.24, 2.45) is 55.6 Å². The van der Waals surface area contributed by atoms with E-state index in [1.807, 2.05) is 27.7 Å². The number of carbonyl (C=O) groups excluding carboxylic acids is 1. The second-order valence-corrected chi connectivity index (χ2v) is 20.6. The highest BCUT2D eigenvalue weighted by molar-refractivity contribution is 5.75. The molecular formula is C43H75N5O6. The summed E-state index contributed by atoms with van der Waals surface area (Å²) in [5.74, 6) is 2.97. The second-order valence-electron chi connectivity index (χ2n) is 20.6. The summed E-state index contributed by atoms with van der Waals surface area (Å²) in [6.45, 7) is 21.7. The van der Waals surface area contributed by atoms with E-state index in [1.54, 1.807) is 0 Å². The first-order valence-corrected chi connectivity index (χ1v) is 22.0. The summed E-state index contributed by atoms with van der Waals surface area (Å²) >= 11 is 0. The van der Waals surface area contributed by atoms with Crippen LogP contribution < -0.4 is 10.6 Å². The number of aliphatic hydroxyl groups is 1. The number of ether oxygens (including phenoxy) is 4. The zero-order valence-electron chi connectivity index (χ0n) is 34.7. The number of hydrogen-bond acceptors (Lipinski definition) is 10. The van der Waals surface area contributed by atoms with E-state index < -0.39 is 5.60 Å². The summed E-state index contributed by atoms with van der Waals surface area (Å²) in [5, 5.41) is 25.4. The molecule has 3 aliphatic heterocycles. The lowest BCUT2D eigenvalue weighted by Gasteiger charge is -2.60. The Hall–Kier alpha value is -1.21. The number of fused-ring (bicyclic) bond motifs is 4. The molecule has 9 unspecified atom stereocenters. The third-order valence-corrected chi connectivity index (χ3v) is 16.9. The fourth-order valence-corrected chi connectivity index (χ4v) is 14.1. The van der Waals surface area contributed by atoms with Gasteiger partial charge in [-0.3, -0.25) is 9.69 Å². The molecular weight excluding hydrogens is 683 g/mol. The second kappa shape index (κ2) is 14.6. The first-order valence-electron chi connectivity index (χ1n) is 22.0. The van der Waals surface area contributed by atoms with Gasteiger partial charge in [-0.1, -0.05) is 20.8 Å². The van der Waals surface area contributed by atoms with Crippen molar-refractivity contribution in [3.8, 4) is 0 Å². The molecule has 54 heavy (non-hydrogen) atoms. The highest BCUT2D eigenvalue weighted by atomic mass is 16.7. The summed E-state index contributed by atoms with van der Waals surface area (Å²) in [6.07, 6.45) is 13.9. The Balaban J connectivity index is 0.00000465. The van der Waals surface area contributed by atoms with Crippen LogP contribution in [-0.4, -0.2) is 110 Å². The van der Waals surface area contributed by atoms with Crippen molar-refractivity contribution in [2.75, 3.05) is 52.5 Å². The van der Waals surface area contributed by atoms with Crippen LogP contribution in [0.25, 0.3) is 0 Å². The average molecular weight is 758 g/mol. The fourth-order valence-electron chi connectivity index (χ4n) is 14.1. The summed E-state index contributed by atoms with van der Waals surface area (Å²) in [6, 6.07) is 0. The number of morpholine rings is 1. The van der Waals surface area contributed by atoms with E-state index in [0.717, 1.165) is 57.4 Å². The zero-order chi connectivity index (χ0) is 38.1. The van der Waals surface area contributed by atoms with Gasteiger partial charge in [-0.2, -0.15) is 10.2 Å². The van der Waals surface area contributed by atoms with Gasteiger partial charge in [0.05, 0.1) is 30.5 Å². The van der Waals surface area contributed by atoms with Gasteiger partial charge in [0.2, 0.25) is 5.91 Å². The van der Waals surface area contributed by atoms with Crippen LogP contribution in [-0.2, 0) is 23.7 Å². The maximum Gasteiger partial charge on any atom is 0.220 e. The van der Waals surface area contributed by atoms with Crippen LogP contribution in [0.2, 0.25) is 0 Å². The predicted molar refractivity (Wildman–Crippen MR) is 209 cm³/mol. The van der Waals surface area contributed by atoms with Crippen molar-refractivity contribution in [3.63, 3.8) is 0 Å². The first kappa shape index (κ1) is 39.6. The Bertz CT molecular complexity index is 1410. The van der Waals surface area contributed by atoms with E-state index in [1.165, 1.54) is 51.4 Å². The quantitative estimate of drug-likeness (QED) is 0.166. The molecule has 8 rings (SSSR count). The molecule has 0 aromatic carbocycles. The molecule has 308 valence electrons. The Morgan fingerprint density at radius 1 is 1.00 bits per heavy atom. The van der Waals surface area contributed by atoms with Crippen molar-refractivity contribution in [1.82, 2.24) is 15.5 Å². The van der Waals surface area contributed by atoms with E-state index in [4.69, 9.17) is 18.9 Å². The molecule has 3 heterocycles. The van der Waals surface area contributed by atoms with Crippen molar-refractivity contribution in [2.45, 2.75) is 167 Å². The molecule has 2 saturated heterocycles. The highest BCUT2D eigenvalue weighted by Crippen LogP contribution is 2.87. The number of nitrogens with zero attached hydrogens (tertiary/aromatic N) is 3. The summed E-state index contributed by atoms with van der Waals surface area (Å²) in [5.41, 5.74) is 0.248. The highest BCUT2D eigenvalue weighted by Gasteiger charge is 2.80. The minimum Gasteiger partial charge on any atom is -0.388 e. The Kier molecular flexibility index (Phi) is 10.7. The fraction of sp³-hybridized carbons (Fsp3) is 0.977. The van der Waals surface area contributed by atoms with E-state index >= 15 is 0 Å². The molecule has 3 N–H and O–H groups in total. The van der Waals surface area contributed by atoms with Gasteiger partial charge in [-0.15, -0.1) is 0 Å². The van der Waals surface area contributed by atoms with Gasteiger partial charge in [0.1, 0.15) is 6.10 Å². The monoisotopic (exact) mass is 758 g/mol. The lowest BCUT2D eigenvalue weighted by molar-refractivity contribution is -0.245. The van der Waals surface area contributed by atoms with Gasteiger partial charge in [-0.25, -0.2) is 0 Å². The first-order chi connectivity index (χ1) is 25.6. The van der Waals surface area contributed by atoms with E-state index in [0.29, 0.717) is 66.8 Å². The summed E-state index contributed by atoms with van der Waals surface area (Å²) in [7, 11) is 0. The maximum atomic E-state index is 12.1. The van der Waals surface area contributed by atoms with Crippen molar-refractivity contribution in [3.05, 3.63) is 0 Å². The number of amides is 1. The SMILES string of the molecule is CCO[C@@H](C1CCC2C(CC3C4CCC5C(C)(C)[C@@H](OC6CN(CCNCCNC(=O)CCC7(C)N=N7)CCO6)CCC56C[C@@]46CCC23C)O1)C(C)(C)O.[HH]. The smallest absolute Gasteiger partial charge is 0.220 e. The standard InChI is InChI=1S/C43H73N5O6.H2/c1-8-51-37(39(4,5)50)31-11-9-29-32(53-31)25-30-28-10-12-33-38(2,3)34(13-16-43(33)27-42(28,43)18-17-40(29,30)6)54-36-26-48(23-24-52-36)22-21-44-19-20-45-35(49)14-15-41(7)46-47-41;/h28-34,36-37,44,50H,8-27H2,1-7H3,(H,45,49);1H/t28?,29?,30?,31?,32?,33?,34-,36?,37-,40?,42-,43?;/m0./s1. The number of nitrogens with one attached hydrogen (secondary N) is 2. The summed E-state index contributed by atoms with van der Waals surface area (Å²) in [4.78, 5) is 14.6. The normalized spacial score (nSPS) is 43.6. The molecule has 0 radical (unpaired) electrons. The number of hydrogen-bond donors (Lipinski definition) is 3. The van der Waals surface area contributed by atoms with Crippen LogP contribution in [0.4, 0.5) is 0 Å². The van der Waals surface area contributed by atoms with Gasteiger partial charge >= 0.3 is 0 Å². The predicted octanol–water partition coefficient (Wildman–Crippen LogP) is 6.33. The Labute approximate surface area is 326 Å². The largest absolute Gasteiger partial charge is 0.388 e. The van der Waals surface area contributed by atoms with Crippen molar-refractivity contribution < 1.29 is 30.3 Å². The van der Waals surface area contributed by atoms with Gasteiger partial charge in [-0.05, 0) is 137 Å². The topological polar surface area (TPSA) is 126 Å². The Morgan fingerprint density at radius 2 is 1.80 bits per heavy atom. The average Bonchev–Trinajstić information content (AvgIpc) is 4.01. The van der Waals surface area contributed by atoms with Crippen molar-refractivity contribution in [1.29, 1.82) is 0 Å². The number of carbonyl (C=O) groups is 1. The molecule has 0 aromatic rings. The van der Waals surface area contributed by atoms with E-state index in [-0.39, 0.29) is 43.0 Å². The Morgan fingerprint density at radius 3 is 2.56 bits per heavy atom. The van der Waals surface area contributed by atoms with Crippen LogP contribution in [0, 0.1) is 45.3 Å². The van der Waals surface area contributed by atoms with Crippen LogP contribution in [0.1, 0.15) is 127 Å².